The van der Waals surface area contributed by atoms with Crippen LogP contribution >= 0.6 is 7.60 Å². The molecule has 0 saturated carbocycles. The summed E-state index contributed by atoms with van der Waals surface area (Å²) in [6.45, 7) is 9.71. The molecule has 1 aromatic carbocycles. The van der Waals surface area contributed by atoms with E-state index in [9.17, 15) is 29.7 Å². The van der Waals surface area contributed by atoms with Crippen LogP contribution in [0.25, 0.3) is 0 Å². The number of β-amino-alcohol motifs (C(OH)–C–C–N with tert-alkyl or cyclic N) is 2. The van der Waals surface area contributed by atoms with Crippen molar-refractivity contribution in [2.45, 2.75) is 38.8 Å². The van der Waals surface area contributed by atoms with Gasteiger partial charge in [-0.15, -0.1) is 0 Å². The Bertz CT molecular complexity index is 690. The van der Waals surface area contributed by atoms with Gasteiger partial charge in [0.25, 0.3) is 0 Å². The second kappa shape index (κ2) is 11.5. The summed E-state index contributed by atoms with van der Waals surface area (Å²) in [5.74, 6) is 0.103. The number of phenols is 1. The van der Waals surface area contributed by atoms with E-state index in [4.69, 9.17) is 0 Å². The van der Waals surface area contributed by atoms with E-state index >= 15 is 0 Å². The van der Waals surface area contributed by atoms with Crippen LogP contribution in [0, 0.1) is 0 Å². The zero-order valence-electron chi connectivity index (χ0n) is 17.9. The third-order valence-corrected chi connectivity index (χ3v) is 5.95. The van der Waals surface area contributed by atoms with E-state index < -0.39 is 19.8 Å². The van der Waals surface area contributed by atoms with Gasteiger partial charge in [0.2, 0.25) is 0 Å². The highest BCUT2D eigenvalue weighted by Gasteiger charge is 2.20. The maximum absolute atomic E-state index is 11.3. The van der Waals surface area contributed by atoms with E-state index in [0.29, 0.717) is 30.8 Å². The summed E-state index contributed by atoms with van der Waals surface area (Å²) < 4.78 is 11.3. The Morgan fingerprint density at radius 2 is 1.37 bits per heavy atom. The van der Waals surface area contributed by atoms with Crippen LogP contribution < -0.4 is 0 Å². The molecule has 30 heavy (non-hydrogen) atoms. The Balaban J connectivity index is 2.13. The smallest absolute Gasteiger partial charge is 0.329 e. The number of hydrogen-bond acceptors (Lipinski definition) is 7. The van der Waals surface area contributed by atoms with Gasteiger partial charge in [0.15, 0.2) is 0 Å². The molecule has 1 heterocycles. The van der Waals surface area contributed by atoms with Gasteiger partial charge >= 0.3 is 7.60 Å². The van der Waals surface area contributed by atoms with Crippen molar-refractivity contribution >= 4 is 7.60 Å². The van der Waals surface area contributed by atoms with E-state index in [1.807, 2.05) is 0 Å². The first-order valence-electron chi connectivity index (χ1n) is 10.4. The van der Waals surface area contributed by atoms with Crippen molar-refractivity contribution < 1.29 is 29.7 Å². The molecule has 1 aliphatic rings. The molecule has 0 unspecified atom stereocenters. The van der Waals surface area contributed by atoms with Crippen molar-refractivity contribution in [3.8, 4) is 5.75 Å². The largest absolute Gasteiger partial charge is 0.508 e. The third kappa shape index (κ3) is 9.41. The number of nitrogens with zero attached hydrogens (tertiary/aromatic N) is 3. The monoisotopic (exact) mass is 445 g/mol. The lowest BCUT2D eigenvalue weighted by molar-refractivity contribution is 0.102. The first-order chi connectivity index (χ1) is 14.0. The van der Waals surface area contributed by atoms with E-state index in [0.717, 1.165) is 39.3 Å². The summed E-state index contributed by atoms with van der Waals surface area (Å²) in [5.41, 5.74) is 1.12. The van der Waals surface area contributed by atoms with Crippen LogP contribution in [0.15, 0.2) is 18.2 Å². The summed E-state index contributed by atoms with van der Waals surface area (Å²) in [5, 5.41) is 29.9. The molecular weight excluding hydrogens is 409 g/mol. The van der Waals surface area contributed by atoms with Crippen molar-refractivity contribution in [3.63, 3.8) is 0 Å². The standard InChI is InChI=1S/C20H36N3O6P/c1-16(24)12-21-5-6-22(13-17(2)25)8-10-23(9-7-21)14-19-11-18(3-4-20(19)26)15-30(27,28)29/h3-4,11,16-17,24-26H,5-10,12-15H2,1-2H3,(H2,27,28,29)/t16-,17-/m0/s1. The van der Waals surface area contributed by atoms with Crippen LogP contribution in [0.2, 0.25) is 0 Å². The van der Waals surface area contributed by atoms with Crippen molar-refractivity contribution in [1.82, 2.24) is 14.7 Å². The Morgan fingerprint density at radius 3 is 1.80 bits per heavy atom. The molecule has 10 heteroatoms. The average molecular weight is 445 g/mol. The number of benzene rings is 1. The van der Waals surface area contributed by atoms with Crippen LogP contribution in [0.5, 0.6) is 5.75 Å². The number of rotatable bonds is 8. The van der Waals surface area contributed by atoms with Crippen molar-refractivity contribution in [3.05, 3.63) is 29.3 Å². The van der Waals surface area contributed by atoms with Crippen LogP contribution in [0.1, 0.15) is 25.0 Å². The van der Waals surface area contributed by atoms with Gasteiger partial charge < -0.3 is 25.1 Å². The van der Waals surface area contributed by atoms with Crippen molar-refractivity contribution in [1.29, 1.82) is 0 Å². The van der Waals surface area contributed by atoms with Crippen LogP contribution in [-0.4, -0.2) is 104 Å². The van der Waals surface area contributed by atoms with E-state index in [-0.39, 0.29) is 11.9 Å². The fourth-order valence-corrected chi connectivity index (χ4v) is 4.47. The number of phenolic OH excluding ortho intramolecular Hbond substituents is 1. The Morgan fingerprint density at radius 1 is 0.900 bits per heavy atom. The molecule has 1 fully saturated rings. The van der Waals surface area contributed by atoms with Crippen molar-refractivity contribution in [2.24, 2.45) is 0 Å². The minimum atomic E-state index is -4.18. The highest BCUT2D eigenvalue weighted by molar-refractivity contribution is 7.50. The van der Waals surface area contributed by atoms with Crippen LogP contribution in [0.3, 0.4) is 0 Å². The summed E-state index contributed by atoms with van der Waals surface area (Å²) in [7, 11) is -4.18. The quantitative estimate of drug-likeness (QED) is 0.358. The molecule has 0 spiro atoms. The fraction of sp³-hybridized carbons (Fsp3) is 0.700. The zero-order valence-corrected chi connectivity index (χ0v) is 18.8. The predicted molar refractivity (Wildman–Crippen MR) is 115 cm³/mol. The Kier molecular flexibility index (Phi) is 9.71. The molecule has 172 valence electrons. The molecule has 2 atom stereocenters. The highest BCUT2D eigenvalue weighted by atomic mass is 31.2. The van der Waals surface area contributed by atoms with Gasteiger partial charge in [0.05, 0.1) is 18.4 Å². The molecule has 0 radical (unpaired) electrons. The van der Waals surface area contributed by atoms with Crippen LogP contribution in [0.4, 0.5) is 0 Å². The summed E-state index contributed by atoms with van der Waals surface area (Å²) in [6.07, 6.45) is -1.22. The Hall–Kier alpha value is -1.03. The van der Waals surface area contributed by atoms with Crippen LogP contribution in [-0.2, 0) is 17.3 Å². The fourth-order valence-electron chi connectivity index (χ4n) is 3.80. The molecule has 0 bridgehead atoms. The predicted octanol–water partition coefficient (Wildman–Crippen LogP) is 0.251. The lowest BCUT2D eigenvalue weighted by atomic mass is 10.1. The average Bonchev–Trinajstić information content (AvgIpc) is 2.69. The summed E-state index contributed by atoms with van der Waals surface area (Å²) in [4.78, 5) is 25.1. The van der Waals surface area contributed by atoms with E-state index in [1.165, 1.54) is 12.1 Å². The molecule has 0 aromatic heterocycles. The van der Waals surface area contributed by atoms with E-state index in [1.54, 1.807) is 19.9 Å². The second-order valence-electron chi connectivity index (χ2n) is 8.36. The molecule has 1 aromatic rings. The third-order valence-electron chi connectivity index (χ3n) is 5.17. The van der Waals surface area contributed by atoms with Crippen molar-refractivity contribution in [2.75, 3.05) is 52.4 Å². The summed E-state index contributed by atoms with van der Waals surface area (Å²) in [6, 6.07) is 4.67. The SMILES string of the molecule is C[C@H](O)CN1CCN(Cc2cc(CP(=O)(O)O)ccc2O)CCN(C[C@H](C)O)CC1. The molecular formula is C20H36N3O6P. The molecule has 1 aliphatic heterocycles. The lowest BCUT2D eigenvalue weighted by Crippen LogP contribution is -2.41. The van der Waals surface area contributed by atoms with E-state index in [2.05, 4.69) is 14.7 Å². The van der Waals surface area contributed by atoms with Gasteiger partial charge in [-0.1, -0.05) is 12.1 Å². The normalized spacial score (nSPS) is 20.3. The minimum Gasteiger partial charge on any atom is -0.508 e. The number of hydrogen-bond donors (Lipinski definition) is 5. The molecule has 0 aliphatic carbocycles. The first-order valence-corrected chi connectivity index (χ1v) is 12.2. The lowest BCUT2D eigenvalue weighted by Gasteiger charge is -2.27. The number of aromatic hydroxyl groups is 1. The van der Waals surface area contributed by atoms with Gasteiger partial charge in [-0.05, 0) is 25.5 Å². The minimum absolute atomic E-state index is 0.103. The molecule has 5 N–H and O–H groups in total. The maximum atomic E-state index is 11.3. The zero-order chi connectivity index (χ0) is 22.3. The second-order valence-corrected chi connectivity index (χ2v) is 10.0. The highest BCUT2D eigenvalue weighted by Crippen LogP contribution is 2.39. The molecule has 2 rings (SSSR count). The Labute approximate surface area is 178 Å². The topological polar surface area (TPSA) is 128 Å². The summed E-state index contributed by atoms with van der Waals surface area (Å²) >= 11 is 0. The molecule has 9 nitrogen and oxygen atoms in total. The first kappa shape index (κ1) is 25.2. The van der Waals surface area contributed by atoms with Gasteiger partial charge in [-0.2, -0.15) is 0 Å². The van der Waals surface area contributed by atoms with Gasteiger partial charge in [-0.25, -0.2) is 0 Å². The molecule has 0 amide bonds. The van der Waals surface area contributed by atoms with Gasteiger partial charge in [0.1, 0.15) is 5.75 Å². The van der Waals surface area contributed by atoms with Gasteiger partial charge in [-0.3, -0.25) is 19.3 Å². The maximum Gasteiger partial charge on any atom is 0.329 e. The van der Waals surface area contributed by atoms with Gasteiger partial charge in [0, 0.05) is 64.5 Å². The molecule has 1 saturated heterocycles. The number of aliphatic hydroxyl groups is 2. The number of aliphatic hydroxyl groups excluding tert-OH is 2.